The molecule has 1 atom stereocenters. The molecule has 0 bridgehead atoms. The van der Waals surface area contributed by atoms with Crippen molar-refractivity contribution in [2.24, 2.45) is 0 Å². The van der Waals surface area contributed by atoms with Crippen LogP contribution in [0.5, 0.6) is 5.75 Å². The van der Waals surface area contributed by atoms with E-state index < -0.39 is 5.44 Å². The van der Waals surface area contributed by atoms with Gasteiger partial charge in [0.1, 0.15) is 24.4 Å². The fraction of sp³-hybridized carbons (Fsp3) is 0.607. The van der Waals surface area contributed by atoms with Gasteiger partial charge < -0.3 is 39.6 Å². The molecule has 1 rings (SSSR count). The van der Waals surface area contributed by atoms with Crippen molar-refractivity contribution in [3.63, 3.8) is 0 Å². The zero-order valence-electron chi connectivity index (χ0n) is 23.8. The van der Waals surface area contributed by atoms with Crippen LogP contribution in [0.1, 0.15) is 33.6 Å². The number of nitriles is 1. The predicted molar refractivity (Wildman–Crippen MR) is 156 cm³/mol. The molecule has 1 aromatic rings. The van der Waals surface area contributed by atoms with Gasteiger partial charge in [-0.15, -0.1) is 0 Å². The van der Waals surface area contributed by atoms with Gasteiger partial charge in [-0.3, -0.25) is 9.59 Å². The Bertz CT molecular complexity index is 896. The topological polar surface area (TPSA) is 140 Å². The fourth-order valence-electron chi connectivity index (χ4n) is 3.01. The number of nitrogens with one attached hydrogen (secondary N) is 3. The molecule has 0 unspecified atom stereocenters. The molecule has 2 amide bonds. The van der Waals surface area contributed by atoms with Crippen molar-refractivity contribution < 1.29 is 33.3 Å². The lowest BCUT2D eigenvalue weighted by Crippen LogP contribution is -2.28. The number of rotatable bonds is 24. The van der Waals surface area contributed by atoms with E-state index in [2.05, 4.69) is 29.8 Å². The Morgan fingerprint density at radius 1 is 1.02 bits per heavy atom. The zero-order valence-corrected chi connectivity index (χ0v) is 24.6. The maximum Gasteiger partial charge on any atom is 0.246 e. The molecule has 11 nitrogen and oxygen atoms in total. The van der Waals surface area contributed by atoms with Crippen molar-refractivity contribution in [1.82, 2.24) is 10.6 Å². The maximum atomic E-state index is 12.2. The number of ether oxygens (including phenoxy) is 5. The summed E-state index contributed by atoms with van der Waals surface area (Å²) in [6.07, 6.45) is 4.99. The van der Waals surface area contributed by atoms with Crippen molar-refractivity contribution in [1.29, 1.82) is 5.26 Å². The van der Waals surface area contributed by atoms with E-state index in [9.17, 15) is 9.59 Å². The van der Waals surface area contributed by atoms with Gasteiger partial charge in [-0.2, -0.15) is 5.26 Å². The summed E-state index contributed by atoms with van der Waals surface area (Å²) < 4.78 is 27.6. The number of hydrogen-bond donors (Lipinski definition) is 3. The molecule has 0 aliphatic carbocycles. The van der Waals surface area contributed by atoms with Gasteiger partial charge in [-0.1, -0.05) is 39.0 Å². The molecule has 1 aromatic carbocycles. The number of thiocyanates is 1. The lowest BCUT2D eigenvalue weighted by molar-refractivity contribution is -0.126. The number of anilines is 1. The number of carbonyl (C=O) groups is 2. The largest absolute Gasteiger partial charge is 0.490 e. The summed E-state index contributed by atoms with van der Waals surface area (Å²) in [7, 11) is 0. The second kappa shape index (κ2) is 24.2. The van der Waals surface area contributed by atoms with E-state index in [0.717, 1.165) is 24.7 Å². The molecule has 0 saturated carbocycles. The van der Waals surface area contributed by atoms with Gasteiger partial charge in [0.05, 0.1) is 46.1 Å². The molecule has 3 N–H and O–H groups in total. The molecule has 0 radical (unpaired) electrons. The van der Waals surface area contributed by atoms with Crippen LogP contribution < -0.4 is 20.7 Å². The van der Waals surface area contributed by atoms with Crippen LogP contribution in [0.15, 0.2) is 36.4 Å². The first-order chi connectivity index (χ1) is 19.4. The van der Waals surface area contributed by atoms with Gasteiger partial charge in [-0.05, 0) is 30.3 Å². The van der Waals surface area contributed by atoms with Crippen LogP contribution in [0.4, 0.5) is 5.69 Å². The summed E-state index contributed by atoms with van der Waals surface area (Å²) in [4.78, 5) is 23.9. The van der Waals surface area contributed by atoms with E-state index in [1.54, 1.807) is 24.3 Å². The minimum atomic E-state index is -0.549. The number of benzene rings is 1. The van der Waals surface area contributed by atoms with E-state index in [4.69, 9.17) is 28.9 Å². The lowest BCUT2D eigenvalue weighted by Gasteiger charge is -2.16. The van der Waals surface area contributed by atoms with Crippen molar-refractivity contribution >= 4 is 29.3 Å². The second-order valence-corrected chi connectivity index (χ2v) is 9.66. The van der Waals surface area contributed by atoms with Crippen LogP contribution in [-0.4, -0.2) is 89.2 Å². The van der Waals surface area contributed by atoms with E-state index in [0.29, 0.717) is 50.5 Å². The molecule has 0 aromatic heterocycles. The van der Waals surface area contributed by atoms with Crippen LogP contribution >= 0.6 is 11.8 Å². The smallest absolute Gasteiger partial charge is 0.246 e. The minimum absolute atomic E-state index is 0.0641. The highest BCUT2D eigenvalue weighted by molar-refractivity contribution is 8.04. The average molecular weight is 581 g/mol. The molecular formula is C28H44N4O7S. The van der Waals surface area contributed by atoms with Crippen molar-refractivity contribution in [3.8, 4) is 11.2 Å². The monoisotopic (exact) mass is 580 g/mol. The van der Waals surface area contributed by atoms with Gasteiger partial charge in [0.15, 0.2) is 5.44 Å². The van der Waals surface area contributed by atoms with E-state index in [1.807, 2.05) is 24.5 Å². The van der Waals surface area contributed by atoms with Gasteiger partial charge in [0, 0.05) is 30.9 Å². The first kappa shape index (κ1) is 35.4. The van der Waals surface area contributed by atoms with E-state index >= 15 is 0 Å². The number of amides is 2. The number of thioether (sulfide) groups is 1. The summed E-state index contributed by atoms with van der Waals surface area (Å²) in [6.45, 7) is 9.73. The van der Waals surface area contributed by atoms with Crippen LogP contribution in [0, 0.1) is 10.7 Å². The Morgan fingerprint density at radius 3 is 2.55 bits per heavy atom. The number of nitrogens with zero attached hydrogens (tertiary/aromatic N) is 1. The standard InChI is InChI=1S/C28H44N4O7S/c1-4-5-6-11-31-27(34)20-37-17-18-38-28(40-22-29)21-39-25-9-7-8-24(19-25)32-26(33)10-13-35-15-16-36-14-12-30-23(2)3/h5-9,19,23,28,30H,4,10-18,20-21H2,1-3H3,(H,31,34)(H,32,33)/b6-5+/t28-/m1/s1. The molecule has 40 heavy (non-hydrogen) atoms. The maximum absolute atomic E-state index is 12.2. The summed E-state index contributed by atoms with van der Waals surface area (Å²) in [6, 6.07) is 7.40. The third kappa shape index (κ3) is 20.3. The first-order valence-electron chi connectivity index (χ1n) is 13.5. The Hall–Kier alpha value is -2.66. The normalized spacial score (nSPS) is 11.9. The Labute approximate surface area is 242 Å². The van der Waals surface area contributed by atoms with Gasteiger partial charge in [-0.25, -0.2) is 0 Å². The fourth-order valence-corrected chi connectivity index (χ4v) is 3.43. The van der Waals surface area contributed by atoms with E-state index in [1.165, 1.54) is 0 Å². The van der Waals surface area contributed by atoms with Crippen molar-refractivity contribution in [2.75, 3.05) is 71.3 Å². The summed E-state index contributed by atoms with van der Waals surface area (Å²) >= 11 is 0.930. The molecule has 0 aliphatic rings. The summed E-state index contributed by atoms with van der Waals surface area (Å²) in [5.74, 6) is 0.142. The number of allylic oxidation sites excluding steroid dienone is 1. The van der Waals surface area contributed by atoms with Crippen LogP contribution in [0.3, 0.4) is 0 Å². The Kier molecular flexibility index (Phi) is 21.4. The zero-order chi connectivity index (χ0) is 29.3. The molecule has 0 fully saturated rings. The molecule has 12 heteroatoms. The predicted octanol–water partition coefficient (Wildman–Crippen LogP) is 3.08. The van der Waals surface area contributed by atoms with Gasteiger partial charge >= 0.3 is 0 Å². The van der Waals surface area contributed by atoms with Crippen LogP contribution in [-0.2, 0) is 28.5 Å². The third-order valence-corrected chi connectivity index (χ3v) is 5.56. The first-order valence-corrected chi connectivity index (χ1v) is 14.4. The quantitative estimate of drug-likeness (QED) is 0.0723. The molecule has 0 aliphatic heterocycles. The number of carbonyl (C=O) groups excluding carboxylic acids is 2. The molecule has 224 valence electrons. The summed E-state index contributed by atoms with van der Waals surface area (Å²) in [5, 5.41) is 19.9. The Morgan fingerprint density at radius 2 is 1.80 bits per heavy atom. The molecule has 0 spiro atoms. The number of hydrogen-bond acceptors (Lipinski definition) is 10. The molecular weight excluding hydrogens is 536 g/mol. The molecule has 0 saturated heterocycles. The van der Waals surface area contributed by atoms with Crippen LogP contribution in [0.2, 0.25) is 0 Å². The van der Waals surface area contributed by atoms with Gasteiger partial charge in [0.2, 0.25) is 11.8 Å². The lowest BCUT2D eigenvalue weighted by atomic mass is 10.3. The van der Waals surface area contributed by atoms with Crippen molar-refractivity contribution in [2.45, 2.75) is 45.1 Å². The highest BCUT2D eigenvalue weighted by atomic mass is 32.2. The SMILES string of the molecule is CC/C=C/CNC(=O)COCCO[C@@H](COc1cccc(NC(=O)CCOCCOCCNC(C)C)c1)SC#N. The average Bonchev–Trinajstić information content (AvgIpc) is 2.93. The highest BCUT2D eigenvalue weighted by Crippen LogP contribution is 2.20. The minimum Gasteiger partial charge on any atom is -0.490 e. The summed E-state index contributed by atoms with van der Waals surface area (Å²) in [5.41, 5.74) is 0.0400. The second-order valence-electron chi connectivity index (χ2n) is 8.72. The molecule has 0 heterocycles. The van der Waals surface area contributed by atoms with E-state index in [-0.39, 0.29) is 44.7 Å². The van der Waals surface area contributed by atoms with Crippen molar-refractivity contribution in [3.05, 3.63) is 36.4 Å². The third-order valence-electron chi connectivity index (χ3n) is 4.92. The van der Waals surface area contributed by atoms with Crippen LogP contribution in [0.25, 0.3) is 0 Å². The highest BCUT2D eigenvalue weighted by Gasteiger charge is 2.12. The Balaban J connectivity index is 2.24. The van der Waals surface area contributed by atoms with Gasteiger partial charge in [0.25, 0.3) is 0 Å².